The normalized spacial score (nSPS) is 8.00. The minimum Gasteiger partial charge on any atom is -0.429 e. The second-order valence-electron chi connectivity index (χ2n) is 1.31. The molecule has 0 atom stereocenters. The SMILES string of the molecule is OCCNCCO.O[B]O. The second-order valence-corrected chi connectivity index (χ2v) is 1.31. The van der Waals surface area contributed by atoms with Gasteiger partial charge in [-0.1, -0.05) is 0 Å². The Morgan fingerprint density at radius 3 is 1.50 bits per heavy atom. The van der Waals surface area contributed by atoms with Crippen LogP contribution in [0, 0.1) is 0 Å². The van der Waals surface area contributed by atoms with E-state index in [0.29, 0.717) is 13.1 Å². The maximum atomic E-state index is 8.15. The quantitative estimate of drug-likeness (QED) is 0.218. The summed E-state index contributed by atoms with van der Waals surface area (Å²) in [6.45, 7) is 1.42. The van der Waals surface area contributed by atoms with E-state index >= 15 is 0 Å². The number of nitrogens with one attached hydrogen (secondary N) is 1. The number of aliphatic hydroxyl groups is 2. The van der Waals surface area contributed by atoms with Crippen molar-refractivity contribution in [3.05, 3.63) is 0 Å². The van der Waals surface area contributed by atoms with E-state index in [2.05, 4.69) is 5.32 Å². The Kier molecular flexibility index (Phi) is 20.0. The van der Waals surface area contributed by atoms with Crippen molar-refractivity contribution < 1.29 is 20.3 Å². The molecule has 0 aromatic heterocycles. The fourth-order valence-corrected chi connectivity index (χ4v) is 0.283. The minimum atomic E-state index is 0. The van der Waals surface area contributed by atoms with Gasteiger partial charge in [-0.05, 0) is 0 Å². The highest BCUT2D eigenvalue weighted by Gasteiger charge is 1.78. The molecule has 0 spiro atoms. The molecule has 0 unspecified atom stereocenters. The van der Waals surface area contributed by atoms with Crippen LogP contribution in [0.15, 0.2) is 0 Å². The molecule has 5 N–H and O–H groups in total. The van der Waals surface area contributed by atoms with Gasteiger partial charge in [0.1, 0.15) is 0 Å². The summed E-state index contributed by atoms with van der Waals surface area (Å²) >= 11 is 0. The van der Waals surface area contributed by atoms with Gasteiger partial charge in [0.25, 0.3) is 0 Å². The van der Waals surface area contributed by atoms with Crippen LogP contribution < -0.4 is 5.32 Å². The molecule has 0 amide bonds. The fraction of sp³-hybridized carbons (Fsp3) is 1.00. The second kappa shape index (κ2) is 15.9. The molecule has 0 aliphatic carbocycles. The summed E-state index contributed by atoms with van der Waals surface area (Å²) in [7, 11) is 0. The van der Waals surface area contributed by atoms with Crippen molar-refractivity contribution in [1.82, 2.24) is 5.32 Å². The Hall–Kier alpha value is -0.135. The van der Waals surface area contributed by atoms with Gasteiger partial charge in [0.2, 0.25) is 0 Å². The third-order valence-electron chi connectivity index (χ3n) is 0.577. The first-order valence-corrected chi connectivity index (χ1v) is 2.86. The monoisotopic (exact) mass is 150 g/mol. The zero-order valence-corrected chi connectivity index (χ0v) is 5.69. The predicted octanol–water partition coefficient (Wildman–Crippen LogP) is -2.93. The summed E-state index contributed by atoms with van der Waals surface area (Å²) in [6.07, 6.45) is 0. The van der Waals surface area contributed by atoms with E-state index in [-0.39, 0.29) is 20.9 Å². The lowest BCUT2D eigenvalue weighted by Crippen LogP contribution is -2.21. The molecule has 0 saturated carbocycles. The van der Waals surface area contributed by atoms with Crippen LogP contribution in [0.5, 0.6) is 0 Å². The number of rotatable bonds is 4. The van der Waals surface area contributed by atoms with Crippen LogP contribution in [0.1, 0.15) is 0 Å². The van der Waals surface area contributed by atoms with Gasteiger partial charge in [-0.15, -0.1) is 0 Å². The molecular formula is C4H13BNO4. The fourth-order valence-electron chi connectivity index (χ4n) is 0.283. The van der Waals surface area contributed by atoms with Crippen molar-refractivity contribution >= 4 is 7.69 Å². The van der Waals surface area contributed by atoms with Gasteiger partial charge in [-0.25, -0.2) is 0 Å². The number of hydrogen-bond acceptors (Lipinski definition) is 5. The first kappa shape index (κ1) is 12.5. The smallest absolute Gasteiger partial charge is 0.429 e. The molecule has 0 aliphatic heterocycles. The van der Waals surface area contributed by atoms with Gasteiger partial charge in [-0.3, -0.25) is 0 Å². The molecule has 0 heterocycles. The Bertz CT molecular complexity index is 44.2. The number of hydrogen-bond donors (Lipinski definition) is 5. The lowest BCUT2D eigenvalue weighted by Gasteiger charge is -1.94. The highest BCUT2D eigenvalue weighted by molar-refractivity contribution is 6.13. The zero-order valence-electron chi connectivity index (χ0n) is 5.69. The van der Waals surface area contributed by atoms with E-state index in [1.165, 1.54) is 0 Å². The molecule has 0 rings (SSSR count). The van der Waals surface area contributed by atoms with E-state index in [1.54, 1.807) is 0 Å². The Labute approximate surface area is 60.6 Å². The molecule has 0 fully saturated rings. The van der Waals surface area contributed by atoms with Crippen LogP contribution in [0.25, 0.3) is 0 Å². The summed E-state index contributed by atoms with van der Waals surface area (Å²) in [5.74, 6) is 0. The first-order valence-electron chi connectivity index (χ1n) is 2.86. The van der Waals surface area contributed by atoms with E-state index < -0.39 is 0 Å². The van der Waals surface area contributed by atoms with Crippen molar-refractivity contribution in [2.45, 2.75) is 0 Å². The van der Waals surface area contributed by atoms with Crippen molar-refractivity contribution in [3.63, 3.8) is 0 Å². The van der Waals surface area contributed by atoms with Crippen molar-refractivity contribution in [2.75, 3.05) is 26.3 Å². The van der Waals surface area contributed by atoms with Crippen molar-refractivity contribution in [2.24, 2.45) is 0 Å². The maximum Gasteiger partial charge on any atom is 0.482 e. The van der Waals surface area contributed by atoms with Crippen LogP contribution in [0.2, 0.25) is 0 Å². The summed E-state index contributed by atoms with van der Waals surface area (Å²) in [6, 6.07) is 0. The lowest BCUT2D eigenvalue weighted by atomic mass is 10.5. The Balaban J connectivity index is 0. The van der Waals surface area contributed by atoms with Gasteiger partial charge in [0, 0.05) is 13.1 Å². The van der Waals surface area contributed by atoms with Gasteiger partial charge in [0.05, 0.1) is 13.2 Å². The van der Waals surface area contributed by atoms with Crippen LogP contribution in [-0.4, -0.2) is 54.2 Å². The summed E-state index contributed by atoms with van der Waals surface area (Å²) < 4.78 is 0. The molecule has 0 aromatic carbocycles. The molecule has 0 aromatic rings. The van der Waals surface area contributed by atoms with E-state index in [9.17, 15) is 0 Å². The van der Waals surface area contributed by atoms with E-state index in [0.717, 1.165) is 0 Å². The van der Waals surface area contributed by atoms with Gasteiger partial charge >= 0.3 is 7.69 Å². The number of aliphatic hydroxyl groups excluding tert-OH is 2. The van der Waals surface area contributed by atoms with Crippen LogP contribution in [-0.2, 0) is 0 Å². The van der Waals surface area contributed by atoms with Gasteiger partial charge in [0.15, 0.2) is 0 Å². The molecule has 5 nitrogen and oxygen atoms in total. The van der Waals surface area contributed by atoms with Gasteiger partial charge < -0.3 is 25.6 Å². The largest absolute Gasteiger partial charge is 0.482 e. The standard InChI is InChI=1S/C4H11NO2.BH2O2/c6-3-1-5-2-4-7;2-1-3/h5-7H,1-4H2;2-3H. The van der Waals surface area contributed by atoms with E-state index in [1.807, 2.05) is 0 Å². The molecular weight excluding hydrogens is 137 g/mol. The predicted molar refractivity (Wildman–Crippen MR) is 37.2 cm³/mol. The van der Waals surface area contributed by atoms with Crippen LogP contribution in [0.3, 0.4) is 0 Å². The Morgan fingerprint density at radius 1 is 1.00 bits per heavy atom. The van der Waals surface area contributed by atoms with Crippen molar-refractivity contribution in [3.8, 4) is 0 Å². The molecule has 0 saturated heterocycles. The van der Waals surface area contributed by atoms with Gasteiger partial charge in [-0.2, -0.15) is 0 Å². The van der Waals surface area contributed by atoms with Crippen molar-refractivity contribution in [1.29, 1.82) is 0 Å². The third kappa shape index (κ3) is 24.8. The maximum absolute atomic E-state index is 8.15. The zero-order chi connectivity index (χ0) is 8.24. The first-order chi connectivity index (χ1) is 4.83. The lowest BCUT2D eigenvalue weighted by molar-refractivity contribution is 0.266. The van der Waals surface area contributed by atoms with Crippen LogP contribution >= 0.6 is 0 Å². The topological polar surface area (TPSA) is 93.0 Å². The summed E-state index contributed by atoms with van der Waals surface area (Å²) in [5, 5.41) is 33.1. The molecule has 0 aliphatic rings. The molecule has 61 valence electrons. The minimum absolute atomic E-state index is 0. The molecule has 6 heteroatoms. The average molecular weight is 150 g/mol. The molecule has 1 radical (unpaired) electrons. The summed E-state index contributed by atoms with van der Waals surface area (Å²) in [4.78, 5) is 0. The third-order valence-corrected chi connectivity index (χ3v) is 0.577. The molecule has 10 heavy (non-hydrogen) atoms. The van der Waals surface area contributed by atoms with E-state index in [4.69, 9.17) is 20.3 Å². The Morgan fingerprint density at radius 2 is 1.30 bits per heavy atom. The highest BCUT2D eigenvalue weighted by atomic mass is 16.4. The summed E-state index contributed by atoms with van der Waals surface area (Å²) in [5.41, 5.74) is 0. The van der Waals surface area contributed by atoms with Crippen LogP contribution in [0.4, 0.5) is 0 Å². The molecule has 0 bridgehead atoms. The highest BCUT2D eigenvalue weighted by Crippen LogP contribution is 1.54. The average Bonchev–Trinajstić information content (AvgIpc) is 1.91.